The van der Waals surface area contributed by atoms with Crippen LogP contribution in [0.15, 0.2) is 12.1 Å². The maximum Gasteiger partial charge on any atom is 0.338 e. The summed E-state index contributed by atoms with van der Waals surface area (Å²) in [6.07, 6.45) is 1.91. The predicted octanol–water partition coefficient (Wildman–Crippen LogP) is 2.83. The summed E-state index contributed by atoms with van der Waals surface area (Å²) in [5.74, 6) is -3.97. The van der Waals surface area contributed by atoms with E-state index in [-0.39, 0.29) is 10.9 Å². The van der Waals surface area contributed by atoms with Crippen molar-refractivity contribution >= 4 is 23.4 Å². The molecule has 0 heterocycles. The number of halogens is 2. The van der Waals surface area contributed by atoms with Crippen LogP contribution in [0.25, 0.3) is 0 Å². The SMILES string of the molecule is CSC(C)CNc1ccc(C(=O)O)c(F)c1F. The van der Waals surface area contributed by atoms with Crippen LogP contribution in [0.2, 0.25) is 0 Å². The highest BCUT2D eigenvalue weighted by atomic mass is 32.2. The molecule has 1 unspecified atom stereocenters. The summed E-state index contributed by atoms with van der Waals surface area (Å²) >= 11 is 1.59. The number of thioether (sulfide) groups is 1. The average molecular weight is 261 g/mol. The molecule has 0 aliphatic carbocycles. The molecule has 0 saturated carbocycles. The van der Waals surface area contributed by atoms with Gasteiger partial charge in [-0.1, -0.05) is 6.92 Å². The first-order valence-corrected chi connectivity index (χ1v) is 6.24. The standard InChI is InChI=1S/C11H13F2NO2S/c1-6(17-2)5-14-8-4-3-7(11(15)16)9(12)10(8)13/h3-4,6,14H,5H2,1-2H3,(H,15,16). The first kappa shape index (κ1) is 13.8. The van der Waals surface area contributed by atoms with Gasteiger partial charge in [0.15, 0.2) is 11.6 Å². The first-order chi connectivity index (χ1) is 7.97. The molecule has 0 radical (unpaired) electrons. The number of hydrogen-bond acceptors (Lipinski definition) is 3. The third kappa shape index (κ3) is 3.33. The Balaban J connectivity index is 2.89. The van der Waals surface area contributed by atoms with Gasteiger partial charge in [0.2, 0.25) is 0 Å². The second kappa shape index (κ2) is 5.86. The maximum absolute atomic E-state index is 13.5. The third-order valence-electron chi connectivity index (χ3n) is 2.30. The van der Waals surface area contributed by atoms with Crippen LogP contribution in [0.3, 0.4) is 0 Å². The topological polar surface area (TPSA) is 49.3 Å². The summed E-state index contributed by atoms with van der Waals surface area (Å²) in [6, 6.07) is 2.28. The molecule has 1 atom stereocenters. The Morgan fingerprint density at radius 1 is 1.47 bits per heavy atom. The van der Waals surface area contributed by atoms with Crippen molar-refractivity contribution in [2.45, 2.75) is 12.2 Å². The quantitative estimate of drug-likeness (QED) is 0.855. The van der Waals surface area contributed by atoms with Crippen LogP contribution in [0, 0.1) is 11.6 Å². The molecule has 0 aliphatic heterocycles. The number of carboxylic acid groups (broad SMARTS) is 1. The number of aromatic carboxylic acids is 1. The van der Waals surface area contributed by atoms with Gasteiger partial charge in [-0.25, -0.2) is 13.6 Å². The molecule has 17 heavy (non-hydrogen) atoms. The zero-order chi connectivity index (χ0) is 13.0. The van der Waals surface area contributed by atoms with Gasteiger partial charge in [0, 0.05) is 11.8 Å². The Labute approximate surface area is 102 Å². The Morgan fingerprint density at radius 2 is 2.12 bits per heavy atom. The third-order valence-corrected chi connectivity index (χ3v) is 3.27. The second-order valence-corrected chi connectivity index (χ2v) is 4.80. The number of nitrogens with one attached hydrogen (secondary N) is 1. The van der Waals surface area contributed by atoms with Gasteiger partial charge in [-0.15, -0.1) is 0 Å². The van der Waals surface area contributed by atoms with Crippen LogP contribution in [-0.2, 0) is 0 Å². The average Bonchev–Trinajstić information content (AvgIpc) is 2.30. The van der Waals surface area contributed by atoms with Crippen molar-refractivity contribution in [1.29, 1.82) is 0 Å². The molecule has 2 N–H and O–H groups in total. The molecular formula is C11H13F2NO2S. The molecule has 94 valence electrons. The molecular weight excluding hydrogens is 248 g/mol. The van der Waals surface area contributed by atoms with Gasteiger partial charge in [0.05, 0.1) is 11.3 Å². The fourth-order valence-electron chi connectivity index (χ4n) is 1.19. The van der Waals surface area contributed by atoms with Gasteiger partial charge >= 0.3 is 5.97 Å². The molecule has 0 fully saturated rings. The van der Waals surface area contributed by atoms with Gasteiger partial charge in [0.25, 0.3) is 0 Å². The normalized spacial score (nSPS) is 12.2. The van der Waals surface area contributed by atoms with Crippen molar-refractivity contribution in [3.63, 3.8) is 0 Å². The van der Waals surface area contributed by atoms with E-state index in [0.29, 0.717) is 6.54 Å². The Kier molecular flexibility index (Phi) is 4.74. The van der Waals surface area contributed by atoms with Gasteiger partial charge in [-0.3, -0.25) is 0 Å². The van der Waals surface area contributed by atoms with Gasteiger partial charge in [0.1, 0.15) is 0 Å². The summed E-state index contributed by atoms with van der Waals surface area (Å²) in [4.78, 5) is 10.6. The van der Waals surface area contributed by atoms with Crippen LogP contribution >= 0.6 is 11.8 Å². The number of rotatable bonds is 5. The van der Waals surface area contributed by atoms with Crippen molar-refractivity contribution in [3.8, 4) is 0 Å². The molecule has 1 aromatic rings. The molecule has 0 aromatic heterocycles. The summed E-state index contributed by atoms with van der Waals surface area (Å²) in [6.45, 7) is 2.42. The molecule has 3 nitrogen and oxygen atoms in total. The Hall–Kier alpha value is -1.30. The van der Waals surface area contributed by atoms with E-state index in [4.69, 9.17) is 5.11 Å². The summed E-state index contributed by atoms with van der Waals surface area (Å²) in [5, 5.41) is 11.6. The van der Waals surface area contributed by atoms with E-state index < -0.39 is 23.2 Å². The van der Waals surface area contributed by atoms with Crippen LogP contribution in [0.5, 0.6) is 0 Å². The van der Waals surface area contributed by atoms with Crippen LogP contribution in [0.1, 0.15) is 17.3 Å². The monoisotopic (exact) mass is 261 g/mol. The molecule has 0 bridgehead atoms. The van der Waals surface area contributed by atoms with Gasteiger partial charge in [-0.2, -0.15) is 11.8 Å². The van der Waals surface area contributed by atoms with E-state index in [0.717, 1.165) is 6.07 Å². The first-order valence-electron chi connectivity index (χ1n) is 4.95. The van der Waals surface area contributed by atoms with Crippen molar-refractivity contribution in [2.75, 3.05) is 18.1 Å². The highest BCUT2D eigenvalue weighted by Gasteiger charge is 2.17. The molecule has 1 rings (SSSR count). The maximum atomic E-state index is 13.5. The van der Waals surface area contributed by atoms with Crippen molar-refractivity contribution < 1.29 is 18.7 Å². The number of carbonyl (C=O) groups is 1. The number of benzene rings is 1. The van der Waals surface area contributed by atoms with E-state index in [2.05, 4.69) is 5.32 Å². The molecule has 1 aromatic carbocycles. The number of hydrogen-bond donors (Lipinski definition) is 2. The predicted molar refractivity (Wildman–Crippen MR) is 64.8 cm³/mol. The van der Waals surface area contributed by atoms with Crippen LogP contribution in [-0.4, -0.2) is 29.1 Å². The van der Waals surface area contributed by atoms with Crippen molar-refractivity contribution in [1.82, 2.24) is 0 Å². The fourth-order valence-corrected chi connectivity index (χ4v) is 1.44. The van der Waals surface area contributed by atoms with Crippen molar-refractivity contribution in [3.05, 3.63) is 29.3 Å². The molecule has 0 saturated heterocycles. The van der Waals surface area contributed by atoms with Gasteiger partial charge in [-0.05, 0) is 18.4 Å². The molecule has 6 heteroatoms. The number of anilines is 1. The minimum absolute atomic E-state index is 0.0200. The summed E-state index contributed by atoms with van der Waals surface area (Å²) in [7, 11) is 0. The van der Waals surface area contributed by atoms with Gasteiger partial charge < -0.3 is 10.4 Å². The summed E-state index contributed by atoms with van der Waals surface area (Å²) < 4.78 is 26.8. The van der Waals surface area contributed by atoms with E-state index in [1.54, 1.807) is 11.8 Å². The minimum atomic E-state index is -1.48. The molecule has 0 amide bonds. The zero-order valence-corrected chi connectivity index (χ0v) is 10.3. The second-order valence-electron chi connectivity index (χ2n) is 3.52. The van der Waals surface area contributed by atoms with Crippen LogP contribution < -0.4 is 5.32 Å². The van der Waals surface area contributed by atoms with E-state index >= 15 is 0 Å². The van der Waals surface area contributed by atoms with Crippen molar-refractivity contribution in [2.24, 2.45) is 0 Å². The smallest absolute Gasteiger partial charge is 0.338 e. The lowest BCUT2D eigenvalue weighted by molar-refractivity contribution is 0.0690. The fraction of sp³-hybridized carbons (Fsp3) is 0.364. The lowest BCUT2D eigenvalue weighted by Crippen LogP contribution is -2.14. The molecule has 0 spiro atoms. The summed E-state index contributed by atoms with van der Waals surface area (Å²) in [5.41, 5.74) is -0.681. The molecule has 0 aliphatic rings. The van der Waals surface area contributed by atoms with E-state index in [1.807, 2.05) is 13.2 Å². The highest BCUT2D eigenvalue weighted by molar-refractivity contribution is 7.99. The van der Waals surface area contributed by atoms with E-state index in [9.17, 15) is 13.6 Å². The zero-order valence-electron chi connectivity index (χ0n) is 9.46. The highest BCUT2D eigenvalue weighted by Crippen LogP contribution is 2.21. The Morgan fingerprint density at radius 3 is 2.65 bits per heavy atom. The largest absolute Gasteiger partial charge is 0.478 e. The lowest BCUT2D eigenvalue weighted by atomic mass is 10.2. The van der Waals surface area contributed by atoms with E-state index in [1.165, 1.54) is 6.07 Å². The number of carboxylic acids is 1. The lowest BCUT2D eigenvalue weighted by Gasteiger charge is -2.12. The van der Waals surface area contributed by atoms with Crippen LogP contribution in [0.4, 0.5) is 14.5 Å². The minimum Gasteiger partial charge on any atom is -0.478 e. The Bertz CT molecular complexity index is 426.